The summed E-state index contributed by atoms with van der Waals surface area (Å²) >= 11 is 1.26. The summed E-state index contributed by atoms with van der Waals surface area (Å²) in [6.45, 7) is 1.90. The molecule has 84 valence electrons. The minimum absolute atomic E-state index is 0.499. The SMILES string of the molecule is Cc1nsc(N)c1-c1nc(CC2CC2)no1. The van der Waals surface area contributed by atoms with Gasteiger partial charge in [-0.2, -0.15) is 9.36 Å². The van der Waals surface area contributed by atoms with Gasteiger partial charge in [0.2, 0.25) is 0 Å². The first kappa shape index (κ1) is 9.77. The van der Waals surface area contributed by atoms with Crippen LogP contribution in [0.1, 0.15) is 24.4 Å². The van der Waals surface area contributed by atoms with Crippen molar-refractivity contribution in [1.82, 2.24) is 14.5 Å². The lowest BCUT2D eigenvalue weighted by molar-refractivity contribution is 0.421. The lowest BCUT2D eigenvalue weighted by Crippen LogP contribution is -1.90. The van der Waals surface area contributed by atoms with Crippen LogP contribution in [0.15, 0.2) is 4.52 Å². The molecule has 0 amide bonds. The van der Waals surface area contributed by atoms with Crippen LogP contribution in [0, 0.1) is 12.8 Å². The monoisotopic (exact) mass is 236 g/mol. The fourth-order valence-corrected chi connectivity index (χ4v) is 2.32. The molecule has 2 heterocycles. The highest BCUT2D eigenvalue weighted by molar-refractivity contribution is 7.10. The third-order valence-electron chi connectivity index (χ3n) is 2.74. The van der Waals surface area contributed by atoms with Gasteiger partial charge < -0.3 is 10.3 Å². The quantitative estimate of drug-likeness (QED) is 0.882. The second kappa shape index (κ2) is 3.55. The van der Waals surface area contributed by atoms with Gasteiger partial charge in [0.15, 0.2) is 5.82 Å². The number of aryl methyl sites for hydroxylation is 1. The van der Waals surface area contributed by atoms with E-state index in [9.17, 15) is 0 Å². The van der Waals surface area contributed by atoms with Gasteiger partial charge in [-0.1, -0.05) is 5.16 Å². The smallest absolute Gasteiger partial charge is 0.262 e. The van der Waals surface area contributed by atoms with Crippen molar-refractivity contribution in [3.8, 4) is 11.5 Å². The standard InChI is InChI=1S/C10H12N4OS/c1-5-8(9(11)16-14-5)10-12-7(13-15-10)4-6-2-3-6/h6H,2-4,11H2,1H3. The highest BCUT2D eigenvalue weighted by Crippen LogP contribution is 2.34. The number of nitrogens with two attached hydrogens (primary N) is 1. The Labute approximate surface area is 96.8 Å². The number of hydrogen-bond acceptors (Lipinski definition) is 6. The molecule has 5 nitrogen and oxygen atoms in total. The molecule has 2 aromatic rings. The van der Waals surface area contributed by atoms with E-state index in [1.807, 2.05) is 6.92 Å². The first-order valence-corrected chi connectivity index (χ1v) is 6.06. The molecular weight excluding hydrogens is 224 g/mol. The number of hydrogen-bond donors (Lipinski definition) is 1. The minimum atomic E-state index is 0.499. The summed E-state index contributed by atoms with van der Waals surface area (Å²) < 4.78 is 9.39. The maximum absolute atomic E-state index is 5.82. The highest BCUT2D eigenvalue weighted by atomic mass is 32.1. The lowest BCUT2D eigenvalue weighted by atomic mass is 10.2. The van der Waals surface area contributed by atoms with Gasteiger partial charge >= 0.3 is 0 Å². The molecule has 1 aliphatic carbocycles. The van der Waals surface area contributed by atoms with E-state index in [1.54, 1.807) is 0 Å². The number of rotatable bonds is 3. The van der Waals surface area contributed by atoms with Crippen molar-refractivity contribution in [1.29, 1.82) is 0 Å². The zero-order valence-electron chi connectivity index (χ0n) is 8.93. The van der Waals surface area contributed by atoms with Crippen LogP contribution in [0.2, 0.25) is 0 Å². The van der Waals surface area contributed by atoms with Crippen LogP contribution in [0.25, 0.3) is 11.5 Å². The predicted octanol–water partition coefficient (Wildman–Crippen LogP) is 2.04. The summed E-state index contributed by atoms with van der Waals surface area (Å²) in [4.78, 5) is 4.36. The van der Waals surface area contributed by atoms with Crippen molar-refractivity contribution >= 4 is 16.5 Å². The van der Waals surface area contributed by atoms with Crippen LogP contribution in [-0.2, 0) is 6.42 Å². The van der Waals surface area contributed by atoms with Gasteiger partial charge in [-0.05, 0) is 37.2 Å². The molecule has 16 heavy (non-hydrogen) atoms. The van der Waals surface area contributed by atoms with E-state index >= 15 is 0 Å². The predicted molar refractivity (Wildman–Crippen MR) is 61.0 cm³/mol. The van der Waals surface area contributed by atoms with Crippen molar-refractivity contribution in [2.75, 3.05) is 5.73 Å². The summed E-state index contributed by atoms with van der Waals surface area (Å²) in [7, 11) is 0. The number of nitrogen functional groups attached to an aromatic ring is 1. The van der Waals surface area contributed by atoms with Gasteiger partial charge in [0, 0.05) is 6.42 Å². The number of aromatic nitrogens is 3. The normalized spacial score (nSPS) is 15.6. The van der Waals surface area contributed by atoms with E-state index in [4.69, 9.17) is 10.3 Å². The molecule has 0 aromatic carbocycles. The Balaban J connectivity index is 1.91. The topological polar surface area (TPSA) is 77.8 Å². The Bertz CT molecular complexity index is 495. The van der Waals surface area contributed by atoms with Gasteiger partial charge in [-0.15, -0.1) is 0 Å². The largest absolute Gasteiger partial charge is 0.389 e. The summed E-state index contributed by atoms with van der Waals surface area (Å²) in [6, 6.07) is 0. The second-order valence-electron chi connectivity index (χ2n) is 4.17. The number of anilines is 1. The molecule has 6 heteroatoms. The molecule has 2 aromatic heterocycles. The molecule has 0 unspecified atom stereocenters. The molecule has 0 atom stereocenters. The zero-order chi connectivity index (χ0) is 11.1. The van der Waals surface area contributed by atoms with E-state index in [2.05, 4.69) is 14.5 Å². The molecule has 1 saturated carbocycles. The average molecular weight is 236 g/mol. The van der Waals surface area contributed by atoms with Crippen molar-refractivity contribution in [3.63, 3.8) is 0 Å². The van der Waals surface area contributed by atoms with Crippen molar-refractivity contribution < 1.29 is 4.52 Å². The first-order valence-electron chi connectivity index (χ1n) is 5.28. The Hall–Kier alpha value is -1.43. The summed E-state index contributed by atoms with van der Waals surface area (Å²) in [6.07, 6.45) is 3.48. The molecule has 3 rings (SSSR count). The van der Waals surface area contributed by atoms with E-state index in [-0.39, 0.29) is 0 Å². The molecule has 0 bridgehead atoms. The van der Waals surface area contributed by atoms with Crippen LogP contribution in [0.5, 0.6) is 0 Å². The number of nitrogens with zero attached hydrogens (tertiary/aromatic N) is 3. The third kappa shape index (κ3) is 1.69. The van der Waals surface area contributed by atoms with Gasteiger partial charge in [0.05, 0.1) is 11.3 Å². The Kier molecular flexibility index (Phi) is 2.17. The minimum Gasteiger partial charge on any atom is -0.389 e. The molecule has 1 fully saturated rings. The summed E-state index contributed by atoms with van der Waals surface area (Å²) in [5.74, 6) is 2.03. The van der Waals surface area contributed by atoms with Gasteiger partial charge in [0.1, 0.15) is 5.00 Å². The molecule has 0 radical (unpaired) electrons. The molecule has 0 saturated heterocycles. The van der Waals surface area contributed by atoms with E-state index in [0.29, 0.717) is 10.9 Å². The van der Waals surface area contributed by atoms with E-state index in [0.717, 1.165) is 29.4 Å². The fraction of sp³-hybridized carbons (Fsp3) is 0.500. The second-order valence-corrected chi connectivity index (χ2v) is 4.98. The van der Waals surface area contributed by atoms with Gasteiger partial charge in [-0.3, -0.25) is 0 Å². The van der Waals surface area contributed by atoms with Crippen LogP contribution in [0.4, 0.5) is 5.00 Å². The molecule has 1 aliphatic rings. The molecular formula is C10H12N4OS. The van der Waals surface area contributed by atoms with Crippen LogP contribution in [0.3, 0.4) is 0 Å². The third-order valence-corrected chi connectivity index (χ3v) is 3.51. The Morgan fingerprint density at radius 3 is 2.94 bits per heavy atom. The summed E-state index contributed by atoms with van der Waals surface area (Å²) in [5, 5.41) is 4.61. The molecule has 0 spiro atoms. The molecule has 0 aliphatic heterocycles. The Morgan fingerprint density at radius 1 is 1.50 bits per heavy atom. The zero-order valence-corrected chi connectivity index (χ0v) is 9.75. The maximum atomic E-state index is 5.82. The molecule has 2 N–H and O–H groups in total. The van der Waals surface area contributed by atoms with Crippen LogP contribution < -0.4 is 5.73 Å². The average Bonchev–Trinajstić information content (AvgIpc) is 2.84. The van der Waals surface area contributed by atoms with Crippen molar-refractivity contribution in [2.45, 2.75) is 26.2 Å². The lowest BCUT2D eigenvalue weighted by Gasteiger charge is -1.91. The van der Waals surface area contributed by atoms with Crippen LogP contribution >= 0.6 is 11.5 Å². The van der Waals surface area contributed by atoms with E-state index in [1.165, 1.54) is 24.4 Å². The van der Waals surface area contributed by atoms with Crippen molar-refractivity contribution in [2.24, 2.45) is 5.92 Å². The first-order chi connectivity index (χ1) is 7.74. The van der Waals surface area contributed by atoms with E-state index < -0.39 is 0 Å². The maximum Gasteiger partial charge on any atom is 0.262 e. The summed E-state index contributed by atoms with van der Waals surface area (Å²) in [5.41, 5.74) is 7.47. The van der Waals surface area contributed by atoms with Gasteiger partial charge in [0.25, 0.3) is 5.89 Å². The van der Waals surface area contributed by atoms with Crippen LogP contribution in [-0.4, -0.2) is 14.5 Å². The fourth-order valence-electron chi connectivity index (χ4n) is 1.67. The van der Waals surface area contributed by atoms with Gasteiger partial charge in [-0.25, -0.2) is 0 Å². The highest BCUT2D eigenvalue weighted by Gasteiger charge is 2.25. The van der Waals surface area contributed by atoms with Crippen molar-refractivity contribution in [3.05, 3.63) is 11.5 Å². The Morgan fingerprint density at radius 2 is 2.31 bits per heavy atom.